The minimum Gasteiger partial charge on any atom is -0.309 e. The molecule has 0 spiro atoms. The van der Waals surface area contributed by atoms with Gasteiger partial charge in [0.1, 0.15) is 0 Å². The first kappa shape index (κ1) is 35.3. The van der Waals surface area contributed by atoms with Crippen LogP contribution in [-0.4, -0.2) is 9.13 Å². The molecule has 3 aliphatic carbocycles. The van der Waals surface area contributed by atoms with Gasteiger partial charge in [-0.25, -0.2) is 0 Å². The maximum absolute atomic E-state index is 2.45. The molecule has 0 N–H and O–H groups in total. The standard InChI is InChI=1S/C63H40N2/c1-5-13-60-50(9-1)51-10-2-6-14-61(51)64(60)48-27-25-46-30-44-23-19-40(34-56(44)58(46)36-48)38-17-21-42-29-43-22-18-39(33-55(43)54(42)32-38)41-20-24-45-31-47-26-28-49(37-59(47)57(45)35-41)65-62-15-7-3-11-52(62)53-12-4-8-16-63(53)65/h1-28,32-37H,29-31H2. The van der Waals surface area contributed by atoms with E-state index in [1.165, 1.54) is 144 Å². The van der Waals surface area contributed by atoms with E-state index in [-0.39, 0.29) is 0 Å². The van der Waals surface area contributed by atoms with Crippen molar-refractivity contribution >= 4 is 43.6 Å². The van der Waals surface area contributed by atoms with E-state index in [9.17, 15) is 0 Å². The quantitative estimate of drug-likeness (QED) is 0.167. The average molecular weight is 825 g/mol. The zero-order valence-electron chi connectivity index (χ0n) is 35.6. The minimum atomic E-state index is 0.968. The highest BCUT2D eigenvalue weighted by Crippen LogP contribution is 2.46. The predicted molar refractivity (Wildman–Crippen MR) is 271 cm³/mol. The molecule has 3 aliphatic rings. The Hall–Kier alpha value is -8.20. The van der Waals surface area contributed by atoms with Gasteiger partial charge in [-0.1, -0.05) is 133 Å². The number of hydrogen-bond acceptors (Lipinski definition) is 0. The maximum Gasteiger partial charge on any atom is 0.0541 e. The van der Waals surface area contributed by atoms with Crippen molar-refractivity contribution in [3.8, 4) is 67.0 Å². The van der Waals surface area contributed by atoms with E-state index < -0.39 is 0 Å². The molecule has 15 rings (SSSR count). The molecule has 302 valence electrons. The molecule has 2 heterocycles. The van der Waals surface area contributed by atoms with Crippen molar-refractivity contribution in [2.75, 3.05) is 0 Å². The normalized spacial score (nSPS) is 13.0. The second-order valence-corrected chi connectivity index (χ2v) is 18.4. The summed E-state index contributed by atoms with van der Waals surface area (Å²) < 4.78 is 4.87. The largest absolute Gasteiger partial charge is 0.309 e. The van der Waals surface area contributed by atoms with Crippen LogP contribution in [0.15, 0.2) is 206 Å². The monoisotopic (exact) mass is 824 g/mol. The zero-order valence-corrected chi connectivity index (χ0v) is 35.6. The fourth-order valence-electron chi connectivity index (χ4n) is 11.9. The Morgan fingerprint density at radius 1 is 0.231 bits per heavy atom. The van der Waals surface area contributed by atoms with Crippen LogP contribution in [0.25, 0.3) is 111 Å². The summed E-state index contributed by atoms with van der Waals surface area (Å²) in [6.45, 7) is 0. The van der Waals surface area contributed by atoms with Crippen molar-refractivity contribution in [1.29, 1.82) is 0 Å². The lowest BCUT2D eigenvalue weighted by molar-refractivity contribution is 1.17. The van der Waals surface area contributed by atoms with Gasteiger partial charge in [0, 0.05) is 32.9 Å². The lowest BCUT2D eigenvalue weighted by Crippen LogP contribution is -1.94. The molecule has 0 saturated heterocycles. The van der Waals surface area contributed by atoms with Crippen molar-refractivity contribution in [2.24, 2.45) is 0 Å². The van der Waals surface area contributed by atoms with E-state index in [1.54, 1.807) is 0 Å². The summed E-state index contributed by atoms with van der Waals surface area (Å²) in [4.78, 5) is 0. The van der Waals surface area contributed by atoms with Crippen molar-refractivity contribution in [1.82, 2.24) is 9.13 Å². The molecular formula is C63H40N2. The van der Waals surface area contributed by atoms with Gasteiger partial charge in [0.05, 0.1) is 22.1 Å². The van der Waals surface area contributed by atoms with Gasteiger partial charge >= 0.3 is 0 Å². The molecule has 65 heavy (non-hydrogen) atoms. The van der Waals surface area contributed by atoms with Crippen LogP contribution in [0.2, 0.25) is 0 Å². The van der Waals surface area contributed by atoms with E-state index in [1.807, 2.05) is 0 Å². The summed E-state index contributed by atoms with van der Waals surface area (Å²) in [5, 5.41) is 5.17. The van der Waals surface area contributed by atoms with Gasteiger partial charge in [-0.3, -0.25) is 0 Å². The Morgan fingerprint density at radius 2 is 0.477 bits per heavy atom. The van der Waals surface area contributed by atoms with Crippen LogP contribution in [0, 0.1) is 0 Å². The number of para-hydroxylation sites is 4. The summed E-state index contributed by atoms with van der Waals surface area (Å²) in [6, 6.07) is 77.9. The number of aromatic nitrogens is 2. The van der Waals surface area contributed by atoms with Crippen LogP contribution in [0.1, 0.15) is 33.4 Å². The lowest BCUT2D eigenvalue weighted by Gasteiger charge is -2.12. The molecule has 0 unspecified atom stereocenters. The first-order chi connectivity index (χ1) is 32.2. The number of nitrogens with zero attached hydrogens (tertiary/aromatic N) is 2. The second-order valence-electron chi connectivity index (χ2n) is 18.4. The van der Waals surface area contributed by atoms with Gasteiger partial charge in [-0.15, -0.1) is 0 Å². The van der Waals surface area contributed by atoms with Crippen LogP contribution in [0.5, 0.6) is 0 Å². The average Bonchev–Trinajstić information content (AvgIpc) is 4.17. The lowest BCUT2D eigenvalue weighted by atomic mass is 9.93. The van der Waals surface area contributed by atoms with Crippen LogP contribution in [0.4, 0.5) is 0 Å². The van der Waals surface area contributed by atoms with Gasteiger partial charge < -0.3 is 9.13 Å². The predicted octanol–water partition coefficient (Wildman–Crippen LogP) is 15.9. The third-order valence-corrected chi connectivity index (χ3v) is 15.0. The van der Waals surface area contributed by atoms with E-state index >= 15 is 0 Å². The van der Waals surface area contributed by atoms with Gasteiger partial charge in [-0.2, -0.15) is 0 Å². The third-order valence-electron chi connectivity index (χ3n) is 15.0. The Kier molecular flexibility index (Phi) is 7.15. The van der Waals surface area contributed by atoms with Gasteiger partial charge in [-0.05, 0) is 181 Å². The summed E-state index contributed by atoms with van der Waals surface area (Å²) in [5.74, 6) is 0. The molecule has 2 aromatic heterocycles. The van der Waals surface area contributed by atoms with Gasteiger partial charge in [0.2, 0.25) is 0 Å². The molecule has 12 aromatic rings. The molecule has 0 fully saturated rings. The second kappa shape index (κ2) is 13.2. The SMILES string of the molecule is c1ccc2c(c1)c1ccccc1n2-c1ccc2c(c1)-c1cc(-c3ccc4c(c3)-c3cc(-c5ccc6c(c5)-c5cc(-n7c8ccccc8c8ccccc87)ccc5C6)ccc3C4)ccc1C2. The molecule has 0 amide bonds. The molecule has 0 aliphatic heterocycles. The number of rotatable bonds is 4. The molecule has 0 radical (unpaired) electrons. The summed E-state index contributed by atoms with van der Waals surface area (Å²) in [5.41, 5.74) is 29.0. The number of hydrogen-bond donors (Lipinski definition) is 0. The summed E-state index contributed by atoms with van der Waals surface area (Å²) >= 11 is 0. The van der Waals surface area contributed by atoms with Crippen LogP contribution >= 0.6 is 0 Å². The van der Waals surface area contributed by atoms with Crippen LogP contribution in [-0.2, 0) is 19.3 Å². The van der Waals surface area contributed by atoms with E-state index in [2.05, 4.69) is 215 Å². The minimum absolute atomic E-state index is 0.968. The molecule has 0 bridgehead atoms. The molecule has 0 atom stereocenters. The fourth-order valence-corrected chi connectivity index (χ4v) is 11.9. The Labute approximate surface area is 376 Å². The maximum atomic E-state index is 2.45. The smallest absolute Gasteiger partial charge is 0.0541 e. The number of fused-ring (bicyclic) bond motifs is 15. The molecule has 2 heteroatoms. The first-order valence-corrected chi connectivity index (χ1v) is 23.0. The van der Waals surface area contributed by atoms with Crippen molar-refractivity contribution in [2.45, 2.75) is 19.3 Å². The van der Waals surface area contributed by atoms with E-state index in [0.29, 0.717) is 0 Å². The Balaban J connectivity index is 0.779. The fraction of sp³-hybridized carbons (Fsp3) is 0.0476. The first-order valence-electron chi connectivity index (χ1n) is 23.0. The zero-order chi connectivity index (χ0) is 42.3. The van der Waals surface area contributed by atoms with Crippen LogP contribution < -0.4 is 0 Å². The van der Waals surface area contributed by atoms with Crippen molar-refractivity contribution < 1.29 is 0 Å². The molecule has 2 nitrogen and oxygen atoms in total. The van der Waals surface area contributed by atoms with Gasteiger partial charge in [0.15, 0.2) is 0 Å². The highest BCUT2D eigenvalue weighted by Gasteiger charge is 2.25. The van der Waals surface area contributed by atoms with E-state index in [4.69, 9.17) is 0 Å². The summed E-state index contributed by atoms with van der Waals surface area (Å²) in [6.07, 6.45) is 2.91. The highest BCUT2D eigenvalue weighted by molar-refractivity contribution is 6.10. The third kappa shape index (κ3) is 5.11. The van der Waals surface area contributed by atoms with Crippen molar-refractivity contribution in [3.05, 3.63) is 240 Å². The topological polar surface area (TPSA) is 9.86 Å². The number of benzene rings is 10. The summed E-state index contributed by atoms with van der Waals surface area (Å²) in [7, 11) is 0. The van der Waals surface area contributed by atoms with Crippen molar-refractivity contribution in [3.63, 3.8) is 0 Å². The van der Waals surface area contributed by atoms with Gasteiger partial charge in [0.25, 0.3) is 0 Å². The van der Waals surface area contributed by atoms with E-state index in [0.717, 1.165) is 19.3 Å². The van der Waals surface area contributed by atoms with Crippen LogP contribution in [0.3, 0.4) is 0 Å². The highest BCUT2D eigenvalue weighted by atomic mass is 15.0. The molecule has 0 saturated carbocycles. The Morgan fingerprint density at radius 3 is 0.769 bits per heavy atom. The molecule has 10 aromatic carbocycles. The Bertz CT molecular complexity index is 3670. The molecular weight excluding hydrogens is 785 g/mol.